The van der Waals surface area contributed by atoms with Gasteiger partial charge in [-0.3, -0.25) is 4.79 Å². The number of carbonyl (C=O) groups is 1. The summed E-state index contributed by atoms with van der Waals surface area (Å²) in [5, 5.41) is 0. The Morgan fingerprint density at radius 2 is 1.94 bits per heavy atom. The molecule has 0 aliphatic heterocycles. The average molecular weight is 257 g/mol. The Morgan fingerprint density at radius 1 is 1.29 bits per heavy atom. The summed E-state index contributed by atoms with van der Waals surface area (Å²) in [5.41, 5.74) is 0.941. The molecule has 0 aliphatic carbocycles. The first-order valence-electron chi connectivity index (χ1n) is 5.11. The summed E-state index contributed by atoms with van der Waals surface area (Å²) in [6.45, 7) is -0.326. The largest absolute Gasteiger partial charge is 0.468 e. The Bertz CT molecular complexity index is 456. The van der Waals surface area contributed by atoms with E-state index in [1.807, 2.05) is 30.3 Å². The van der Waals surface area contributed by atoms with E-state index >= 15 is 0 Å². The van der Waals surface area contributed by atoms with E-state index in [-0.39, 0.29) is 12.3 Å². The van der Waals surface area contributed by atoms with Crippen molar-refractivity contribution in [1.29, 1.82) is 0 Å². The van der Waals surface area contributed by atoms with Gasteiger partial charge in [-0.15, -0.1) is 0 Å². The molecule has 1 aromatic carbocycles. The quantitative estimate of drug-likeness (QED) is 0.745. The summed E-state index contributed by atoms with van der Waals surface area (Å²) >= 11 is 0. The maximum absolute atomic E-state index is 11.5. The molecule has 1 aromatic rings. The molecule has 0 fully saturated rings. The molecule has 6 heteroatoms. The van der Waals surface area contributed by atoms with E-state index in [0.29, 0.717) is 6.42 Å². The van der Waals surface area contributed by atoms with Crippen LogP contribution in [0.2, 0.25) is 0 Å². The van der Waals surface area contributed by atoms with Gasteiger partial charge < -0.3 is 4.74 Å². The van der Waals surface area contributed by atoms with Crippen molar-refractivity contribution in [2.75, 3.05) is 19.4 Å². The Hall–Kier alpha value is -1.40. The lowest BCUT2D eigenvalue weighted by Gasteiger charge is -2.05. The van der Waals surface area contributed by atoms with Crippen molar-refractivity contribution in [2.45, 2.75) is 6.42 Å². The molecule has 0 saturated carbocycles. The number of hydrogen-bond acceptors (Lipinski definition) is 4. The van der Waals surface area contributed by atoms with Gasteiger partial charge in [0.15, 0.2) is 0 Å². The van der Waals surface area contributed by atoms with Crippen LogP contribution in [0.4, 0.5) is 0 Å². The van der Waals surface area contributed by atoms with Crippen LogP contribution < -0.4 is 4.72 Å². The van der Waals surface area contributed by atoms with Crippen LogP contribution in [-0.4, -0.2) is 33.8 Å². The number of benzene rings is 1. The predicted octanol–water partition coefficient (Wildman–Crippen LogP) is 0.322. The molecule has 1 N–H and O–H groups in total. The fourth-order valence-electron chi connectivity index (χ4n) is 1.21. The zero-order valence-corrected chi connectivity index (χ0v) is 10.4. The van der Waals surface area contributed by atoms with E-state index in [1.165, 1.54) is 7.11 Å². The number of methoxy groups -OCH3 is 1. The first-order chi connectivity index (χ1) is 8.03. The minimum atomic E-state index is -3.44. The second-order valence-electron chi connectivity index (χ2n) is 3.45. The SMILES string of the molecule is COC(=O)CNS(=O)(=O)CCc1ccccc1. The van der Waals surface area contributed by atoms with Crippen LogP contribution in [0, 0.1) is 0 Å². The number of sulfonamides is 1. The highest BCUT2D eigenvalue weighted by Crippen LogP contribution is 2.01. The molecule has 0 bridgehead atoms. The van der Waals surface area contributed by atoms with Crippen LogP contribution in [0.3, 0.4) is 0 Å². The van der Waals surface area contributed by atoms with Gasteiger partial charge in [-0.25, -0.2) is 13.1 Å². The van der Waals surface area contributed by atoms with Gasteiger partial charge >= 0.3 is 5.97 Å². The van der Waals surface area contributed by atoms with Crippen molar-refractivity contribution >= 4 is 16.0 Å². The number of rotatable bonds is 6. The molecule has 0 aromatic heterocycles. The predicted molar refractivity (Wildman–Crippen MR) is 64.0 cm³/mol. The summed E-state index contributed by atoms with van der Waals surface area (Å²) in [5.74, 6) is -0.651. The van der Waals surface area contributed by atoms with Crippen molar-refractivity contribution in [3.8, 4) is 0 Å². The maximum Gasteiger partial charge on any atom is 0.320 e. The van der Waals surface area contributed by atoms with E-state index < -0.39 is 16.0 Å². The van der Waals surface area contributed by atoms with Crippen molar-refractivity contribution in [1.82, 2.24) is 4.72 Å². The molecule has 0 radical (unpaired) electrons. The number of esters is 1. The highest BCUT2D eigenvalue weighted by Gasteiger charge is 2.12. The topological polar surface area (TPSA) is 72.5 Å². The third-order valence-corrected chi connectivity index (χ3v) is 3.49. The van der Waals surface area contributed by atoms with Crippen molar-refractivity contribution in [3.05, 3.63) is 35.9 Å². The van der Waals surface area contributed by atoms with Gasteiger partial charge in [0.25, 0.3) is 0 Å². The van der Waals surface area contributed by atoms with Gasteiger partial charge in [0.05, 0.1) is 12.9 Å². The Morgan fingerprint density at radius 3 is 2.53 bits per heavy atom. The van der Waals surface area contributed by atoms with Gasteiger partial charge in [-0.1, -0.05) is 30.3 Å². The lowest BCUT2D eigenvalue weighted by atomic mass is 10.2. The molecule has 0 amide bonds. The molecule has 0 heterocycles. The normalized spacial score (nSPS) is 11.1. The zero-order chi connectivity index (χ0) is 12.7. The van der Waals surface area contributed by atoms with Crippen LogP contribution in [0.1, 0.15) is 5.56 Å². The van der Waals surface area contributed by atoms with E-state index in [9.17, 15) is 13.2 Å². The third kappa shape index (κ3) is 5.46. The minimum absolute atomic E-state index is 0.0476. The molecule has 1 rings (SSSR count). The van der Waals surface area contributed by atoms with Gasteiger partial charge in [0.2, 0.25) is 10.0 Å². The summed E-state index contributed by atoms with van der Waals surface area (Å²) in [4.78, 5) is 10.8. The van der Waals surface area contributed by atoms with E-state index in [4.69, 9.17) is 0 Å². The molecule has 0 unspecified atom stereocenters. The molecule has 5 nitrogen and oxygen atoms in total. The average Bonchev–Trinajstić information content (AvgIpc) is 2.35. The highest BCUT2D eigenvalue weighted by atomic mass is 32.2. The summed E-state index contributed by atoms with van der Waals surface area (Å²) in [7, 11) is -2.23. The van der Waals surface area contributed by atoms with Crippen LogP contribution >= 0.6 is 0 Å². The van der Waals surface area contributed by atoms with Crippen LogP contribution in [0.5, 0.6) is 0 Å². The molecule has 0 atom stereocenters. The number of aryl methyl sites for hydroxylation is 1. The fourth-order valence-corrected chi connectivity index (χ4v) is 2.20. The molecule has 94 valence electrons. The Labute approximate surface area is 101 Å². The lowest BCUT2D eigenvalue weighted by molar-refractivity contribution is -0.139. The fraction of sp³-hybridized carbons (Fsp3) is 0.364. The van der Waals surface area contributed by atoms with E-state index in [1.54, 1.807) is 0 Å². The van der Waals surface area contributed by atoms with Gasteiger partial charge in [0, 0.05) is 0 Å². The third-order valence-electron chi connectivity index (χ3n) is 2.17. The van der Waals surface area contributed by atoms with Gasteiger partial charge in [-0.2, -0.15) is 0 Å². The van der Waals surface area contributed by atoms with Gasteiger partial charge in [-0.05, 0) is 12.0 Å². The smallest absolute Gasteiger partial charge is 0.320 e. The standard InChI is InChI=1S/C11H15NO4S/c1-16-11(13)9-12-17(14,15)8-7-10-5-3-2-4-6-10/h2-6,12H,7-9H2,1H3. The maximum atomic E-state index is 11.5. The molecular weight excluding hydrogens is 242 g/mol. The minimum Gasteiger partial charge on any atom is -0.468 e. The van der Waals surface area contributed by atoms with E-state index in [0.717, 1.165) is 5.56 Å². The van der Waals surface area contributed by atoms with E-state index in [2.05, 4.69) is 9.46 Å². The van der Waals surface area contributed by atoms with Gasteiger partial charge in [0.1, 0.15) is 6.54 Å². The lowest BCUT2D eigenvalue weighted by Crippen LogP contribution is -2.32. The summed E-state index contributed by atoms with van der Waals surface area (Å²) in [6, 6.07) is 9.28. The molecule has 0 aliphatic rings. The van der Waals surface area contributed by atoms with Crippen molar-refractivity contribution in [2.24, 2.45) is 0 Å². The summed E-state index contributed by atoms with van der Waals surface area (Å²) < 4.78 is 29.5. The molecule has 0 spiro atoms. The number of hydrogen-bond donors (Lipinski definition) is 1. The van der Waals surface area contributed by atoms with Crippen LogP contribution in [-0.2, 0) is 26.0 Å². The van der Waals surface area contributed by atoms with Crippen LogP contribution in [0.15, 0.2) is 30.3 Å². The second-order valence-corrected chi connectivity index (χ2v) is 5.38. The summed E-state index contributed by atoms with van der Waals surface area (Å²) in [6.07, 6.45) is 0.414. The first kappa shape index (κ1) is 13.7. The molecule has 0 saturated heterocycles. The Kier molecular flexibility index (Phi) is 5.11. The first-order valence-corrected chi connectivity index (χ1v) is 6.77. The molecular formula is C11H15NO4S. The number of ether oxygens (including phenoxy) is 1. The highest BCUT2D eigenvalue weighted by molar-refractivity contribution is 7.89. The monoisotopic (exact) mass is 257 g/mol. The second kappa shape index (κ2) is 6.36. The number of nitrogens with one attached hydrogen (secondary N) is 1. The zero-order valence-electron chi connectivity index (χ0n) is 9.55. The molecule has 17 heavy (non-hydrogen) atoms. The van der Waals surface area contributed by atoms with Crippen molar-refractivity contribution in [3.63, 3.8) is 0 Å². The van der Waals surface area contributed by atoms with Crippen molar-refractivity contribution < 1.29 is 17.9 Å². The Balaban J connectivity index is 2.42. The van der Waals surface area contributed by atoms with Crippen LogP contribution in [0.25, 0.3) is 0 Å². The number of carbonyl (C=O) groups excluding carboxylic acids is 1.